The van der Waals surface area contributed by atoms with Crippen molar-refractivity contribution >= 4 is 28.9 Å². The average Bonchev–Trinajstić information content (AvgIpc) is 2.76. The quantitative estimate of drug-likeness (QED) is 0.703. The van der Waals surface area contributed by atoms with Crippen LogP contribution in [0.2, 0.25) is 5.02 Å². The summed E-state index contributed by atoms with van der Waals surface area (Å²) in [5.74, 6) is -0.0255. The first-order valence-electron chi connectivity index (χ1n) is 6.40. The number of phenolic OH excluding ortho intramolecular Hbond substituents is 2. The molecule has 4 N–H and O–H groups in total. The van der Waals surface area contributed by atoms with Gasteiger partial charge in [0.2, 0.25) is 5.91 Å². The van der Waals surface area contributed by atoms with Gasteiger partial charge in [-0.2, -0.15) is 0 Å². The van der Waals surface area contributed by atoms with E-state index in [2.05, 4.69) is 10.6 Å². The maximum Gasteiger partial charge on any atom is 0.228 e. The SMILES string of the molecule is O=C1Cc2cc(NCc3ccc(O)cc3O)c(Cl)cc2N1. The van der Waals surface area contributed by atoms with Crippen LogP contribution in [-0.2, 0) is 17.8 Å². The standard InChI is InChI=1S/C15H13ClN2O3/c16-11-6-12-9(4-15(21)18-12)3-13(11)17-7-8-1-2-10(19)5-14(8)20/h1-3,5-6,17,19-20H,4,7H2,(H,18,21). The van der Waals surface area contributed by atoms with E-state index in [9.17, 15) is 15.0 Å². The summed E-state index contributed by atoms with van der Waals surface area (Å²) in [6.45, 7) is 0.353. The van der Waals surface area contributed by atoms with Crippen LogP contribution >= 0.6 is 11.6 Å². The van der Waals surface area contributed by atoms with Gasteiger partial charge in [-0.15, -0.1) is 0 Å². The van der Waals surface area contributed by atoms with Crippen molar-refractivity contribution in [2.24, 2.45) is 0 Å². The molecule has 0 atom stereocenters. The highest BCUT2D eigenvalue weighted by molar-refractivity contribution is 6.33. The Bertz CT molecular complexity index is 731. The van der Waals surface area contributed by atoms with Gasteiger partial charge in [0.1, 0.15) is 11.5 Å². The predicted molar refractivity (Wildman–Crippen MR) is 80.9 cm³/mol. The third kappa shape index (κ3) is 2.73. The molecule has 0 spiro atoms. The molecular weight excluding hydrogens is 292 g/mol. The minimum atomic E-state index is -0.0469. The molecule has 0 fully saturated rings. The van der Waals surface area contributed by atoms with Crippen LogP contribution in [0.25, 0.3) is 0 Å². The lowest BCUT2D eigenvalue weighted by molar-refractivity contribution is -0.115. The van der Waals surface area contributed by atoms with Gasteiger partial charge in [-0.3, -0.25) is 4.79 Å². The zero-order chi connectivity index (χ0) is 15.0. The van der Waals surface area contributed by atoms with Gasteiger partial charge < -0.3 is 20.8 Å². The molecule has 0 saturated carbocycles. The van der Waals surface area contributed by atoms with E-state index in [1.807, 2.05) is 6.07 Å². The monoisotopic (exact) mass is 304 g/mol. The fraction of sp³-hybridized carbons (Fsp3) is 0.133. The molecule has 0 bridgehead atoms. The third-order valence-electron chi connectivity index (χ3n) is 3.36. The lowest BCUT2D eigenvalue weighted by atomic mass is 10.1. The number of fused-ring (bicyclic) bond motifs is 1. The van der Waals surface area contributed by atoms with Crippen LogP contribution in [0.4, 0.5) is 11.4 Å². The van der Waals surface area contributed by atoms with E-state index in [1.54, 1.807) is 12.1 Å². The molecule has 5 nitrogen and oxygen atoms in total. The molecule has 3 rings (SSSR count). The number of benzene rings is 2. The van der Waals surface area contributed by atoms with E-state index >= 15 is 0 Å². The van der Waals surface area contributed by atoms with Crippen LogP contribution in [0.3, 0.4) is 0 Å². The maximum absolute atomic E-state index is 11.3. The van der Waals surface area contributed by atoms with Gasteiger partial charge in [0.25, 0.3) is 0 Å². The number of halogens is 1. The van der Waals surface area contributed by atoms with Crippen molar-refractivity contribution in [1.82, 2.24) is 0 Å². The van der Waals surface area contributed by atoms with Gasteiger partial charge in [-0.1, -0.05) is 11.6 Å². The van der Waals surface area contributed by atoms with Crippen molar-refractivity contribution in [2.75, 3.05) is 10.6 Å². The minimum Gasteiger partial charge on any atom is -0.508 e. The molecule has 1 heterocycles. The Kier molecular flexibility index (Phi) is 3.35. The number of nitrogens with one attached hydrogen (secondary N) is 2. The highest BCUT2D eigenvalue weighted by Gasteiger charge is 2.19. The van der Waals surface area contributed by atoms with Crippen LogP contribution in [0, 0.1) is 0 Å². The third-order valence-corrected chi connectivity index (χ3v) is 3.67. The Morgan fingerprint density at radius 3 is 2.81 bits per heavy atom. The number of amides is 1. The largest absolute Gasteiger partial charge is 0.508 e. The first-order chi connectivity index (χ1) is 10.0. The number of carbonyl (C=O) groups is 1. The van der Waals surface area contributed by atoms with Crippen molar-refractivity contribution < 1.29 is 15.0 Å². The molecule has 0 aliphatic carbocycles. The highest BCUT2D eigenvalue weighted by atomic mass is 35.5. The van der Waals surface area contributed by atoms with Crippen molar-refractivity contribution in [2.45, 2.75) is 13.0 Å². The molecule has 0 unspecified atom stereocenters. The lowest BCUT2D eigenvalue weighted by Gasteiger charge is -2.11. The number of anilines is 2. The molecule has 108 valence electrons. The molecule has 1 aliphatic heterocycles. The van der Waals surface area contributed by atoms with Crippen LogP contribution in [0.15, 0.2) is 30.3 Å². The van der Waals surface area contributed by atoms with Gasteiger partial charge in [0, 0.05) is 23.9 Å². The van der Waals surface area contributed by atoms with Crippen LogP contribution < -0.4 is 10.6 Å². The van der Waals surface area contributed by atoms with Crippen molar-refractivity contribution in [3.05, 3.63) is 46.5 Å². The second kappa shape index (κ2) is 5.18. The second-order valence-corrected chi connectivity index (χ2v) is 5.29. The molecule has 0 saturated heterocycles. The molecule has 0 aromatic heterocycles. The smallest absolute Gasteiger partial charge is 0.228 e. The maximum atomic E-state index is 11.3. The van der Waals surface area contributed by atoms with Gasteiger partial charge in [-0.05, 0) is 29.8 Å². The van der Waals surface area contributed by atoms with Crippen LogP contribution in [0.1, 0.15) is 11.1 Å². The summed E-state index contributed by atoms with van der Waals surface area (Å²) < 4.78 is 0. The minimum absolute atomic E-state index is 0.0106. The fourth-order valence-electron chi connectivity index (χ4n) is 2.28. The molecule has 2 aromatic carbocycles. The van der Waals surface area contributed by atoms with E-state index in [0.29, 0.717) is 29.2 Å². The number of aromatic hydroxyl groups is 2. The zero-order valence-electron chi connectivity index (χ0n) is 11.0. The molecule has 21 heavy (non-hydrogen) atoms. The van der Waals surface area contributed by atoms with Crippen molar-refractivity contribution in [3.63, 3.8) is 0 Å². The lowest BCUT2D eigenvalue weighted by Crippen LogP contribution is -2.03. The summed E-state index contributed by atoms with van der Waals surface area (Å²) in [7, 11) is 0. The van der Waals surface area contributed by atoms with E-state index in [4.69, 9.17) is 11.6 Å². The molecule has 0 radical (unpaired) electrons. The number of hydrogen-bond acceptors (Lipinski definition) is 4. The normalized spacial score (nSPS) is 12.9. The summed E-state index contributed by atoms with van der Waals surface area (Å²) in [5, 5.41) is 25.3. The molecule has 6 heteroatoms. The average molecular weight is 305 g/mol. The number of carbonyl (C=O) groups excluding carboxylic acids is 1. The first kappa shape index (κ1) is 13.6. The Morgan fingerprint density at radius 2 is 2.05 bits per heavy atom. The van der Waals surface area contributed by atoms with Crippen molar-refractivity contribution in [3.8, 4) is 11.5 Å². The van der Waals surface area contributed by atoms with Crippen molar-refractivity contribution in [1.29, 1.82) is 0 Å². The molecule has 2 aromatic rings. The summed E-state index contributed by atoms with van der Waals surface area (Å²) in [6.07, 6.45) is 0.339. The Morgan fingerprint density at radius 1 is 1.24 bits per heavy atom. The topological polar surface area (TPSA) is 81.6 Å². The molecule has 1 aliphatic rings. The first-order valence-corrected chi connectivity index (χ1v) is 6.78. The predicted octanol–water partition coefficient (Wildman–Crippen LogP) is 2.86. The van der Waals surface area contributed by atoms with Gasteiger partial charge in [0.05, 0.1) is 17.1 Å². The highest BCUT2D eigenvalue weighted by Crippen LogP contribution is 2.33. The number of hydrogen-bond donors (Lipinski definition) is 4. The number of rotatable bonds is 3. The van der Waals surface area contributed by atoms with E-state index in [-0.39, 0.29) is 17.4 Å². The summed E-state index contributed by atoms with van der Waals surface area (Å²) in [5.41, 5.74) is 2.96. The Balaban J connectivity index is 1.79. The summed E-state index contributed by atoms with van der Waals surface area (Å²) in [6, 6.07) is 7.95. The van der Waals surface area contributed by atoms with Gasteiger partial charge >= 0.3 is 0 Å². The van der Waals surface area contributed by atoms with E-state index < -0.39 is 0 Å². The zero-order valence-corrected chi connectivity index (χ0v) is 11.7. The Labute approximate surface area is 126 Å². The summed E-state index contributed by atoms with van der Waals surface area (Å²) in [4.78, 5) is 11.3. The van der Waals surface area contributed by atoms with E-state index in [1.165, 1.54) is 12.1 Å². The van der Waals surface area contributed by atoms with Crippen LogP contribution in [0.5, 0.6) is 11.5 Å². The molecule has 1 amide bonds. The van der Waals surface area contributed by atoms with E-state index in [0.717, 1.165) is 11.3 Å². The second-order valence-electron chi connectivity index (χ2n) is 4.88. The molecular formula is C15H13ClN2O3. The number of phenols is 2. The van der Waals surface area contributed by atoms with Crippen LogP contribution in [-0.4, -0.2) is 16.1 Å². The van der Waals surface area contributed by atoms with Gasteiger partial charge in [0.15, 0.2) is 0 Å². The van der Waals surface area contributed by atoms with Gasteiger partial charge in [-0.25, -0.2) is 0 Å². The Hall–Kier alpha value is -2.40. The fourth-order valence-corrected chi connectivity index (χ4v) is 2.51. The summed E-state index contributed by atoms with van der Waals surface area (Å²) >= 11 is 6.17.